The molecule has 1 unspecified atom stereocenters. The zero-order valence-corrected chi connectivity index (χ0v) is 23.7. The minimum absolute atomic E-state index is 0.0589. The molecular formula is C30H40N8O2. The number of hydrogen-bond donors (Lipinski definition) is 1. The second-order valence-electron chi connectivity index (χ2n) is 11.6. The first-order chi connectivity index (χ1) is 19.7. The van der Waals surface area contributed by atoms with Crippen LogP contribution in [0.2, 0.25) is 0 Å². The van der Waals surface area contributed by atoms with Crippen molar-refractivity contribution in [2.75, 3.05) is 65.0 Å². The van der Waals surface area contributed by atoms with Gasteiger partial charge >= 0.3 is 0 Å². The van der Waals surface area contributed by atoms with Crippen LogP contribution in [0.15, 0.2) is 30.5 Å². The number of benzene rings is 1. The number of H-pyrrole nitrogens is 1. The van der Waals surface area contributed by atoms with Gasteiger partial charge in [0.15, 0.2) is 22.8 Å². The fraction of sp³-hybridized carbons (Fsp3) is 0.567. The van der Waals surface area contributed by atoms with E-state index in [9.17, 15) is 0 Å². The lowest BCUT2D eigenvalue weighted by Gasteiger charge is -2.35. The quantitative estimate of drug-likeness (QED) is 0.389. The van der Waals surface area contributed by atoms with Crippen LogP contribution in [0.25, 0.3) is 33.5 Å². The lowest BCUT2D eigenvalue weighted by molar-refractivity contribution is -0.0325. The van der Waals surface area contributed by atoms with E-state index in [0.29, 0.717) is 19.3 Å². The van der Waals surface area contributed by atoms with Crippen LogP contribution in [0, 0.1) is 0 Å². The molecule has 10 nitrogen and oxygen atoms in total. The van der Waals surface area contributed by atoms with Crippen LogP contribution in [0.3, 0.4) is 0 Å². The molecule has 0 spiro atoms. The number of imidazole rings is 1. The molecule has 3 saturated heterocycles. The summed E-state index contributed by atoms with van der Waals surface area (Å²) in [6.07, 6.45) is 7.50. The Bertz CT molecular complexity index is 1460. The lowest BCUT2D eigenvalue weighted by Crippen LogP contribution is -2.42. The Morgan fingerprint density at radius 3 is 2.58 bits per heavy atom. The summed E-state index contributed by atoms with van der Waals surface area (Å²) in [4.78, 5) is 26.4. The van der Waals surface area contributed by atoms with Gasteiger partial charge in [-0.2, -0.15) is 0 Å². The van der Waals surface area contributed by atoms with E-state index in [-0.39, 0.29) is 6.23 Å². The lowest BCUT2D eigenvalue weighted by atomic mass is 10.0. The Balaban J connectivity index is 1.36. The molecule has 0 aliphatic carbocycles. The summed E-state index contributed by atoms with van der Waals surface area (Å²) in [5.41, 5.74) is 3.86. The van der Waals surface area contributed by atoms with Crippen LogP contribution in [0.5, 0.6) is 0 Å². The third-order valence-corrected chi connectivity index (χ3v) is 8.84. The van der Waals surface area contributed by atoms with Gasteiger partial charge in [0.05, 0.1) is 19.8 Å². The van der Waals surface area contributed by atoms with Crippen molar-refractivity contribution >= 4 is 27.9 Å². The number of ether oxygens (including phenoxy) is 2. The SMILES string of the molecule is CN(C)C1CCN(Cc2nc3c(N4CCOCC4)nc(-c4cccc5[nH]ccc45)nc3n2C2CCCCO2)CC1. The van der Waals surface area contributed by atoms with E-state index in [1.54, 1.807) is 0 Å². The Morgan fingerprint density at radius 2 is 1.80 bits per heavy atom. The molecule has 40 heavy (non-hydrogen) atoms. The molecular weight excluding hydrogens is 504 g/mol. The Morgan fingerprint density at radius 1 is 0.950 bits per heavy atom. The van der Waals surface area contributed by atoms with E-state index < -0.39 is 0 Å². The standard InChI is InChI=1S/C30H40N8O2/c1-35(2)21-10-13-36(14-11-21)20-25-32-27-29(37-15-18-39-19-16-37)33-28(23-6-5-7-24-22(23)9-12-31-24)34-30(27)38(25)26-8-3-4-17-40-26/h5-7,9,12,21,26,31H,3-4,8,10-11,13-20H2,1-2H3. The summed E-state index contributed by atoms with van der Waals surface area (Å²) in [6.45, 7) is 6.67. The van der Waals surface area contributed by atoms with Crippen LogP contribution in [0.1, 0.15) is 44.2 Å². The number of nitrogens with zero attached hydrogens (tertiary/aromatic N) is 7. The van der Waals surface area contributed by atoms with Crippen LogP contribution < -0.4 is 4.90 Å². The molecule has 3 aliphatic heterocycles. The number of morpholine rings is 1. The van der Waals surface area contributed by atoms with Crippen molar-refractivity contribution in [2.45, 2.75) is 50.9 Å². The molecule has 1 aromatic carbocycles. The highest BCUT2D eigenvalue weighted by atomic mass is 16.5. The molecule has 3 aliphatic rings. The highest BCUT2D eigenvalue weighted by molar-refractivity contribution is 5.95. The smallest absolute Gasteiger partial charge is 0.168 e. The third kappa shape index (κ3) is 4.87. The molecule has 6 heterocycles. The number of hydrogen-bond acceptors (Lipinski definition) is 8. The first kappa shape index (κ1) is 25.9. The Kier molecular flexibility index (Phi) is 7.17. The topological polar surface area (TPSA) is 87.6 Å². The second-order valence-corrected chi connectivity index (χ2v) is 11.6. The molecule has 212 valence electrons. The van der Waals surface area contributed by atoms with E-state index in [4.69, 9.17) is 24.4 Å². The first-order valence-electron chi connectivity index (χ1n) is 14.8. The summed E-state index contributed by atoms with van der Waals surface area (Å²) in [5.74, 6) is 2.67. The highest BCUT2D eigenvalue weighted by Crippen LogP contribution is 2.35. The second kappa shape index (κ2) is 11.1. The molecule has 3 aromatic heterocycles. The maximum atomic E-state index is 6.40. The van der Waals surface area contributed by atoms with Gasteiger partial charge in [-0.3, -0.25) is 9.47 Å². The molecule has 0 saturated carbocycles. The van der Waals surface area contributed by atoms with Crippen molar-refractivity contribution in [1.29, 1.82) is 0 Å². The van der Waals surface area contributed by atoms with Gasteiger partial charge in [-0.15, -0.1) is 0 Å². The van der Waals surface area contributed by atoms with Gasteiger partial charge in [0.25, 0.3) is 0 Å². The van der Waals surface area contributed by atoms with Crippen molar-refractivity contribution in [2.24, 2.45) is 0 Å². The van der Waals surface area contributed by atoms with E-state index in [1.807, 2.05) is 6.20 Å². The molecule has 10 heteroatoms. The number of anilines is 1. The van der Waals surface area contributed by atoms with Gasteiger partial charge < -0.3 is 24.3 Å². The van der Waals surface area contributed by atoms with Crippen LogP contribution in [-0.2, 0) is 16.0 Å². The van der Waals surface area contributed by atoms with Gasteiger partial charge in [0, 0.05) is 61.5 Å². The van der Waals surface area contributed by atoms with E-state index in [2.05, 4.69) is 62.6 Å². The molecule has 1 N–H and O–H groups in total. The number of likely N-dealkylation sites (tertiary alicyclic amines) is 1. The van der Waals surface area contributed by atoms with Gasteiger partial charge in [-0.05, 0) is 58.3 Å². The monoisotopic (exact) mass is 544 g/mol. The summed E-state index contributed by atoms with van der Waals surface area (Å²) < 4.78 is 14.4. The van der Waals surface area contributed by atoms with Crippen molar-refractivity contribution in [3.8, 4) is 11.4 Å². The fourth-order valence-corrected chi connectivity index (χ4v) is 6.54. The molecule has 0 bridgehead atoms. The Labute approximate surface area is 235 Å². The third-order valence-electron chi connectivity index (χ3n) is 8.84. The van der Waals surface area contributed by atoms with Crippen LogP contribution in [0.4, 0.5) is 5.82 Å². The summed E-state index contributed by atoms with van der Waals surface area (Å²) in [7, 11) is 4.38. The van der Waals surface area contributed by atoms with Crippen molar-refractivity contribution in [3.05, 3.63) is 36.3 Å². The average Bonchev–Trinajstić information content (AvgIpc) is 3.62. The van der Waals surface area contributed by atoms with Gasteiger partial charge in [-0.25, -0.2) is 15.0 Å². The minimum atomic E-state index is -0.0589. The van der Waals surface area contributed by atoms with Crippen LogP contribution in [-0.4, -0.2) is 100 Å². The number of rotatable bonds is 6. The molecule has 7 rings (SSSR count). The largest absolute Gasteiger partial charge is 0.378 e. The predicted octanol–water partition coefficient (Wildman–Crippen LogP) is 4.04. The normalized spacial score (nSPS) is 21.7. The molecule has 4 aromatic rings. The molecule has 3 fully saturated rings. The number of nitrogens with one attached hydrogen (secondary N) is 1. The fourth-order valence-electron chi connectivity index (χ4n) is 6.54. The van der Waals surface area contributed by atoms with Gasteiger partial charge in [0.1, 0.15) is 12.1 Å². The zero-order valence-electron chi connectivity index (χ0n) is 23.7. The number of fused-ring (bicyclic) bond motifs is 2. The zero-order chi connectivity index (χ0) is 27.1. The van der Waals surface area contributed by atoms with E-state index in [1.165, 1.54) is 12.8 Å². The van der Waals surface area contributed by atoms with Gasteiger partial charge in [-0.1, -0.05) is 12.1 Å². The van der Waals surface area contributed by atoms with E-state index >= 15 is 0 Å². The molecule has 0 radical (unpaired) electrons. The van der Waals surface area contributed by atoms with Crippen molar-refractivity contribution in [3.63, 3.8) is 0 Å². The minimum Gasteiger partial charge on any atom is -0.378 e. The highest BCUT2D eigenvalue weighted by Gasteiger charge is 2.30. The number of aromatic amines is 1. The molecule has 1 atom stereocenters. The van der Waals surface area contributed by atoms with Crippen molar-refractivity contribution in [1.82, 2.24) is 34.3 Å². The predicted molar refractivity (Wildman–Crippen MR) is 156 cm³/mol. The number of piperidine rings is 1. The first-order valence-corrected chi connectivity index (χ1v) is 14.8. The summed E-state index contributed by atoms with van der Waals surface area (Å²) in [5, 5.41) is 1.12. The van der Waals surface area contributed by atoms with E-state index in [0.717, 1.165) is 104 Å². The maximum absolute atomic E-state index is 6.40. The average molecular weight is 545 g/mol. The maximum Gasteiger partial charge on any atom is 0.168 e. The van der Waals surface area contributed by atoms with Crippen LogP contribution >= 0.6 is 0 Å². The number of aromatic nitrogens is 5. The summed E-state index contributed by atoms with van der Waals surface area (Å²) in [6, 6.07) is 9.04. The van der Waals surface area contributed by atoms with Crippen molar-refractivity contribution < 1.29 is 9.47 Å². The molecule has 0 amide bonds. The van der Waals surface area contributed by atoms with Gasteiger partial charge in [0.2, 0.25) is 0 Å². The Hall–Kier alpha value is -3.05. The summed E-state index contributed by atoms with van der Waals surface area (Å²) >= 11 is 0.